The van der Waals surface area contributed by atoms with Crippen LogP contribution in [0, 0.1) is 0 Å². The number of urea groups is 1. The van der Waals surface area contributed by atoms with Gasteiger partial charge in [0.15, 0.2) is 0 Å². The van der Waals surface area contributed by atoms with Crippen molar-refractivity contribution in [3.8, 4) is 0 Å². The lowest BCUT2D eigenvalue weighted by molar-refractivity contribution is -0.155. The highest BCUT2D eigenvalue weighted by molar-refractivity contribution is 6.34. The average Bonchev–Trinajstić information content (AvgIpc) is 2.96. The van der Waals surface area contributed by atoms with Crippen molar-refractivity contribution in [3.63, 3.8) is 0 Å². The van der Waals surface area contributed by atoms with Gasteiger partial charge in [-0.3, -0.25) is 29.4 Å². The highest BCUT2D eigenvalue weighted by Gasteiger charge is 2.44. The first-order chi connectivity index (χ1) is 17.5. The Morgan fingerprint density at radius 1 is 1.16 bits per heavy atom. The molecule has 1 aromatic carbocycles. The Morgan fingerprint density at radius 2 is 1.89 bits per heavy atom. The van der Waals surface area contributed by atoms with Crippen molar-refractivity contribution in [2.24, 2.45) is 0 Å². The van der Waals surface area contributed by atoms with Crippen molar-refractivity contribution in [2.75, 3.05) is 18.4 Å². The van der Waals surface area contributed by atoms with Crippen LogP contribution in [0.15, 0.2) is 18.2 Å². The van der Waals surface area contributed by atoms with Gasteiger partial charge in [-0.2, -0.15) is 0 Å². The molecule has 0 aliphatic carbocycles. The Morgan fingerprint density at radius 3 is 2.51 bits per heavy atom. The van der Waals surface area contributed by atoms with Crippen LogP contribution in [0.5, 0.6) is 0 Å². The third kappa shape index (κ3) is 6.61. The predicted octanol–water partition coefficient (Wildman–Crippen LogP) is 0.640. The smallest absolute Gasteiger partial charge is 0.344 e. The molecule has 2 aliphatic rings. The molecule has 198 valence electrons. The third-order valence-corrected chi connectivity index (χ3v) is 6.06. The number of benzene rings is 1. The van der Waals surface area contributed by atoms with Crippen molar-refractivity contribution in [1.29, 1.82) is 0 Å². The minimum atomic E-state index is -1.14. The molecule has 3 rings (SSSR count). The fourth-order valence-corrected chi connectivity index (χ4v) is 4.30. The summed E-state index contributed by atoms with van der Waals surface area (Å²) < 4.78 is 0. The Kier molecular flexibility index (Phi) is 8.81. The molecule has 2 saturated heterocycles. The summed E-state index contributed by atoms with van der Waals surface area (Å²) in [6, 6.07) is 1.13. The van der Waals surface area contributed by atoms with Gasteiger partial charge in [0.2, 0.25) is 17.7 Å². The van der Waals surface area contributed by atoms with Gasteiger partial charge in [0.25, 0.3) is 5.91 Å². The third-order valence-electron chi connectivity index (χ3n) is 5.75. The van der Waals surface area contributed by atoms with Crippen LogP contribution in [0.2, 0.25) is 5.02 Å². The number of ketones is 1. The number of hydrogen-bond acceptors (Lipinski definition) is 7. The van der Waals surface area contributed by atoms with Crippen molar-refractivity contribution in [2.45, 2.75) is 51.6 Å². The predicted molar refractivity (Wildman–Crippen MR) is 130 cm³/mol. The lowest BCUT2D eigenvalue weighted by Crippen LogP contribution is -2.64. The molecule has 2 atom stereocenters. The molecule has 6 amide bonds. The zero-order chi connectivity index (χ0) is 27.3. The Hall–Kier alpha value is -4.00. The molecule has 0 aromatic heterocycles. The van der Waals surface area contributed by atoms with E-state index in [9.17, 15) is 33.6 Å². The van der Waals surface area contributed by atoms with Gasteiger partial charge in [-0.15, -0.1) is 0 Å². The molecule has 0 saturated carbocycles. The number of Topliss-reactive ketones (excluding diaryl/α,β-unsaturated/α-hetero) is 1. The van der Waals surface area contributed by atoms with Crippen molar-refractivity contribution in [3.05, 3.63) is 28.8 Å². The van der Waals surface area contributed by atoms with E-state index in [0.717, 1.165) is 10.0 Å². The zero-order valence-electron chi connectivity index (χ0n) is 20.3. The molecule has 2 aliphatic heterocycles. The van der Waals surface area contributed by atoms with Gasteiger partial charge < -0.3 is 15.4 Å². The number of rotatable bonds is 8. The number of amides is 6. The maximum absolute atomic E-state index is 13.4. The van der Waals surface area contributed by atoms with Gasteiger partial charge in [0.1, 0.15) is 18.1 Å². The molecule has 0 spiro atoms. The second-order valence-corrected chi connectivity index (χ2v) is 9.08. The van der Waals surface area contributed by atoms with Crippen molar-refractivity contribution < 1.29 is 33.6 Å². The summed E-state index contributed by atoms with van der Waals surface area (Å²) in [5.74, 6) is -2.46. The summed E-state index contributed by atoms with van der Waals surface area (Å²) in [5, 5.41) is 8.17. The van der Waals surface area contributed by atoms with Crippen molar-refractivity contribution in [1.82, 2.24) is 25.8 Å². The van der Waals surface area contributed by atoms with Crippen LogP contribution in [0.4, 0.5) is 10.5 Å². The van der Waals surface area contributed by atoms with E-state index in [1.165, 1.54) is 37.1 Å². The molecule has 1 aromatic rings. The highest BCUT2D eigenvalue weighted by Crippen LogP contribution is 2.25. The number of carbonyl (C=O) groups is 7. The summed E-state index contributed by atoms with van der Waals surface area (Å²) in [6.07, 6.45) is 0.751. The maximum Gasteiger partial charge on any atom is 0.358 e. The van der Waals surface area contributed by atoms with Gasteiger partial charge in [-0.1, -0.05) is 11.6 Å². The molecule has 0 bridgehead atoms. The fourth-order valence-electron chi connectivity index (χ4n) is 4.07. The molecule has 13 nitrogen and oxygen atoms in total. The van der Waals surface area contributed by atoms with Gasteiger partial charge in [-0.05, 0) is 38.0 Å². The second kappa shape index (κ2) is 11.8. The van der Waals surface area contributed by atoms with E-state index in [1.54, 1.807) is 0 Å². The first kappa shape index (κ1) is 27.6. The van der Waals surface area contributed by atoms with Crippen LogP contribution < -0.4 is 16.1 Å². The van der Waals surface area contributed by atoms with E-state index in [-0.39, 0.29) is 54.6 Å². The fraction of sp³-hybridized carbons (Fsp3) is 0.435. The monoisotopic (exact) mass is 534 g/mol. The molecule has 37 heavy (non-hydrogen) atoms. The van der Waals surface area contributed by atoms with E-state index in [4.69, 9.17) is 11.6 Å². The number of anilines is 1. The maximum atomic E-state index is 13.4. The molecule has 2 fully saturated rings. The number of nitrogens with one attached hydrogen (secondary N) is 3. The summed E-state index contributed by atoms with van der Waals surface area (Å²) in [7, 11) is 0. The minimum Gasteiger partial charge on any atom is -0.344 e. The molecule has 0 radical (unpaired) electrons. The Labute approximate surface area is 217 Å². The topological polar surface area (TPSA) is 165 Å². The molecule has 0 unspecified atom stereocenters. The van der Waals surface area contributed by atoms with Crippen LogP contribution >= 0.6 is 11.6 Å². The summed E-state index contributed by atoms with van der Waals surface area (Å²) in [6.45, 7) is 2.64. The van der Waals surface area contributed by atoms with Crippen LogP contribution in [0.25, 0.3) is 0 Å². The van der Waals surface area contributed by atoms with Crippen LogP contribution in [0.3, 0.4) is 0 Å². The quantitative estimate of drug-likeness (QED) is 0.411. The number of hydrogen-bond donors (Lipinski definition) is 3. The number of halogens is 1. The van der Waals surface area contributed by atoms with E-state index in [1.807, 2.05) is 0 Å². The molecule has 14 heteroatoms. The minimum absolute atomic E-state index is 0.0883. The number of fused-ring (bicyclic) bond motifs is 1. The summed E-state index contributed by atoms with van der Waals surface area (Å²) in [4.78, 5) is 86.1. The molecule has 3 N–H and O–H groups in total. The van der Waals surface area contributed by atoms with Crippen LogP contribution in [0.1, 0.15) is 49.9 Å². The normalized spacial score (nSPS) is 18.4. The molecular formula is C23H27ClN6O7. The van der Waals surface area contributed by atoms with E-state index >= 15 is 0 Å². The lowest BCUT2D eigenvalue weighted by atomic mass is 10.1. The Balaban J connectivity index is 1.80. The second-order valence-electron chi connectivity index (χ2n) is 8.68. The van der Waals surface area contributed by atoms with Crippen molar-refractivity contribution >= 4 is 59.0 Å². The van der Waals surface area contributed by atoms with E-state index < -0.39 is 35.8 Å². The summed E-state index contributed by atoms with van der Waals surface area (Å²) >= 11 is 6.14. The SMILES string of the molecule is CC(=O)C[C@@H](C=O)NC(=O)[C@@H]1CCCN2C(=O)CCN(NC(=O)c3ccc(NC(C)=O)c(Cl)c3)C(=O)N12. The number of carbonyl (C=O) groups excluding carboxylic acids is 7. The van der Waals surface area contributed by atoms with E-state index in [0.29, 0.717) is 18.4 Å². The molecule has 2 heterocycles. The number of hydrazine groups is 2. The lowest BCUT2D eigenvalue weighted by Gasteiger charge is -2.43. The highest BCUT2D eigenvalue weighted by atomic mass is 35.5. The van der Waals surface area contributed by atoms with Crippen LogP contribution in [-0.4, -0.2) is 81.9 Å². The first-order valence-corrected chi connectivity index (χ1v) is 11.9. The first-order valence-electron chi connectivity index (χ1n) is 11.6. The largest absolute Gasteiger partial charge is 0.358 e. The van der Waals surface area contributed by atoms with E-state index in [2.05, 4.69) is 16.1 Å². The number of nitrogens with zero attached hydrogens (tertiary/aromatic N) is 3. The average molecular weight is 535 g/mol. The Bertz CT molecular complexity index is 1140. The van der Waals surface area contributed by atoms with Crippen LogP contribution in [-0.2, 0) is 24.0 Å². The zero-order valence-corrected chi connectivity index (χ0v) is 21.0. The number of aldehydes is 1. The molecular weight excluding hydrogens is 508 g/mol. The van der Waals surface area contributed by atoms with Gasteiger partial charge in [0.05, 0.1) is 23.3 Å². The van der Waals surface area contributed by atoms with Gasteiger partial charge in [-0.25, -0.2) is 19.8 Å². The van der Waals surface area contributed by atoms with Gasteiger partial charge >= 0.3 is 6.03 Å². The van der Waals surface area contributed by atoms with Gasteiger partial charge in [0, 0.05) is 31.9 Å². The summed E-state index contributed by atoms with van der Waals surface area (Å²) in [5.41, 5.74) is 2.84. The standard InChI is InChI=1S/C23H27ClN6O7/c1-13(32)10-16(12-31)26-22(36)19-4-3-8-29-20(34)7-9-28(23(37)30(19)29)27-21(35)15-5-6-18(17(24)11-15)25-14(2)33/h5-6,11-12,16,19H,3-4,7-10H2,1-2H3,(H,25,33)(H,26,36)(H,27,35)/t16-,19-/m0/s1.